The summed E-state index contributed by atoms with van der Waals surface area (Å²) in [6.07, 6.45) is 6.19. The molecule has 0 atom stereocenters. The van der Waals surface area contributed by atoms with E-state index in [1.54, 1.807) is 0 Å². The van der Waals surface area contributed by atoms with Crippen LogP contribution < -0.4 is 5.32 Å². The summed E-state index contributed by atoms with van der Waals surface area (Å²) in [5.41, 5.74) is 4.87. The quantitative estimate of drug-likeness (QED) is 0.670. The van der Waals surface area contributed by atoms with Gasteiger partial charge in [-0.15, -0.1) is 0 Å². The minimum Gasteiger partial charge on any atom is -0.382 e. The molecular formula is C14H23N. The number of nitrogens with one attached hydrogen (secondary N) is 1. The van der Waals surface area contributed by atoms with Gasteiger partial charge in [0.25, 0.3) is 0 Å². The highest BCUT2D eigenvalue weighted by Crippen LogP contribution is 2.09. The SMILES string of the molecule is C=C(NC/C(C)=C/C=C\C)C(C)=C(C)C. The molecule has 1 nitrogen and oxygen atoms in total. The molecule has 0 aromatic heterocycles. The number of allylic oxidation sites excluding steroid dienone is 5. The summed E-state index contributed by atoms with van der Waals surface area (Å²) in [5, 5.41) is 3.32. The van der Waals surface area contributed by atoms with E-state index >= 15 is 0 Å². The summed E-state index contributed by atoms with van der Waals surface area (Å²) in [5.74, 6) is 0. The van der Waals surface area contributed by atoms with Gasteiger partial charge in [0.2, 0.25) is 0 Å². The maximum atomic E-state index is 4.01. The molecule has 0 saturated carbocycles. The fourth-order valence-corrected chi connectivity index (χ4v) is 1.000. The van der Waals surface area contributed by atoms with E-state index in [1.165, 1.54) is 16.7 Å². The second-order valence-electron chi connectivity index (χ2n) is 4.00. The number of hydrogen-bond acceptors (Lipinski definition) is 1. The summed E-state index contributed by atoms with van der Waals surface area (Å²) >= 11 is 0. The van der Waals surface area contributed by atoms with Crippen molar-refractivity contribution in [2.45, 2.75) is 34.6 Å². The number of rotatable bonds is 5. The van der Waals surface area contributed by atoms with Gasteiger partial charge >= 0.3 is 0 Å². The van der Waals surface area contributed by atoms with Crippen molar-refractivity contribution in [1.82, 2.24) is 5.32 Å². The van der Waals surface area contributed by atoms with Gasteiger partial charge in [-0.2, -0.15) is 0 Å². The van der Waals surface area contributed by atoms with Crippen molar-refractivity contribution in [1.29, 1.82) is 0 Å². The first-order valence-electron chi connectivity index (χ1n) is 5.34. The molecule has 1 N–H and O–H groups in total. The molecule has 0 bridgehead atoms. The highest BCUT2D eigenvalue weighted by molar-refractivity contribution is 5.29. The average Bonchev–Trinajstić information content (AvgIpc) is 2.21. The van der Waals surface area contributed by atoms with E-state index in [0.717, 1.165) is 12.2 Å². The lowest BCUT2D eigenvalue weighted by atomic mass is 10.1. The Morgan fingerprint density at radius 1 is 1.20 bits per heavy atom. The van der Waals surface area contributed by atoms with Crippen LogP contribution in [0.3, 0.4) is 0 Å². The van der Waals surface area contributed by atoms with Gasteiger partial charge in [0, 0.05) is 12.2 Å². The molecule has 0 spiro atoms. The molecule has 15 heavy (non-hydrogen) atoms. The van der Waals surface area contributed by atoms with Crippen LogP contribution in [0, 0.1) is 0 Å². The third kappa shape index (κ3) is 5.95. The maximum Gasteiger partial charge on any atom is 0.0360 e. The van der Waals surface area contributed by atoms with Crippen molar-refractivity contribution in [3.63, 3.8) is 0 Å². The molecule has 1 heteroatoms. The summed E-state index contributed by atoms with van der Waals surface area (Å²) in [7, 11) is 0. The zero-order valence-corrected chi connectivity index (χ0v) is 10.6. The molecule has 0 rings (SSSR count). The first kappa shape index (κ1) is 13.8. The molecule has 0 aromatic rings. The molecule has 0 heterocycles. The van der Waals surface area contributed by atoms with Crippen LogP contribution >= 0.6 is 0 Å². The lowest BCUT2D eigenvalue weighted by Gasteiger charge is -2.11. The van der Waals surface area contributed by atoms with E-state index < -0.39 is 0 Å². The van der Waals surface area contributed by atoms with Crippen molar-refractivity contribution >= 4 is 0 Å². The van der Waals surface area contributed by atoms with Crippen molar-refractivity contribution in [3.05, 3.63) is 47.2 Å². The van der Waals surface area contributed by atoms with Crippen molar-refractivity contribution < 1.29 is 0 Å². The molecule has 0 amide bonds. The van der Waals surface area contributed by atoms with Gasteiger partial charge in [0.1, 0.15) is 0 Å². The van der Waals surface area contributed by atoms with Crippen LogP contribution in [0.1, 0.15) is 34.6 Å². The average molecular weight is 205 g/mol. The zero-order chi connectivity index (χ0) is 11.8. The first-order chi connectivity index (χ1) is 6.99. The topological polar surface area (TPSA) is 12.0 Å². The molecule has 84 valence electrons. The predicted octanol–water partition coefficient (Wildman–Crippen LogP) is 3.97. The molecule has 0 saturated heterocycles. The third-order valence-electron chi connectivity index (χ3n) is 2.36. The van der Waals surface area contributed by atoms with Gasteiger partial charge in [-0.25, -0.2) is 0 Å². The molecular weight excluding hydrogens is 182 g/mol. The van der Waals surface area contributed by atoms with Crippen molar-refractivity contribution in [2.75, 3.05) is 6.54 Å². The van der Waals surface area contributed by atoms with Crippen LogP contribution in [-0.2, 0) is 0 Å². The van der Waals surface area contributed by atoms with Gasteiger partial charge in [0.05, 0.1) is 0 Å². The van der Waals surface area contributed by atoms with Gasteiger partial charge in [-0.3, -0.25) is 0 Å². The fraction of sp³-hybridized carbons (Fsp3) is 0.429. The minimum atomic E-state index is 0.855. The first-order valence-corrected chi connectivity index (χ1v) is 5.34. The van der Waals surface area contributed by atoms with E-state index in [1.807, 2.05) is 19.1 Å². The van der Waals surface area contributed by atoms with Crippen molar-refractivity contribution in [3.8, 4) is 0 Å². The highest BCUT2D eigenvalue weighted by atomic mass is 14.9. The molecule has 0 unspecified atom stereocenters. The molecule has 0 aliphatic rings. The van der Waals surface area contributed by atoms with Crippen LogP contribution in [-0.4, -0.2) is 6.54 Å². The predicted molar refractivity (Wildman–Crippen MR) is 69.8 cm³/mol. The van der Waals surface area contributed by atoms with Crippen LogP contribution in [0.25, 0.3) is 0 Å². The second kappa shape index (κ2) is 7.10. The van der Waals surface area contributed by atoms with Crippen LogP contribution in [0.2, 0.25) is 0 Å². The Bertz CT molecular complexity index is 299. The summed E-state index contributed by atoms with van der Waals surface area (Å²) in [4.78, 5) is 0. The van der Waals surface area contributed by atoms with Crippen LogP contribution in [0.15, 0.2) is 47.2 Å². The van der Waals surface area contributed by atoms with Gasteiger partial charge in [0.15, 0.2) is 0 Å². The van der Waals surface area contributed by atoms with E-state index in [4.69, 9.17) is 0 Å². The van der Waals surface area contributed by atoms with Gasteiger partial charge < -0.3 is 5.32 Å². The standard InChI is InChI=1S/C14H23N/c1-7-8-9-12(4)10-15-14(6)13(5)11(2)3/h7-9,15H,6,10H2,1-5H3/b8-7-,12-9+. The summed E-state index contributed by atoms with van der Waals surface area (Å²) in [6, 6.07) is 0. The lowest BCUT2D eigenvalue weighted by Crippen LogP contribution is -2.16. The Hall–Kier alpha value is -1.24. The van der Waals surface area contributed by atoms with E-state index in [-0.39, 0.29) is 0 Å². The van der Waals surface area contributed by atoms with E-state index in [9.17, 15) is 0 Å². The minimum absolute atomic E-state index is 0.855. The highest BCUT2D eigenvalue weighted by Gasteiger charge is 1.97. The van der Waals surface area contributed by atoms with Crippen molar-refractivity contribution in [2.24, 2.45) is 0 Å². The van der Waals surface area contributed by atoms with Crippen LogP contribution in [0.5, 0.6) is 0 Å². The Balaban J connectivity index is 4.19. The third-order valence-corrected chi connectivity index (χ3v) is 2.36. The van der Waals surface area contributed by atoms with Gasteiger partial charge in [-0.1, -0.05) is 36.0 Å². The smallest absolute Gasteiger partial charge is 0.0360 e. The summed E-state index contributed by atoms with van der Waals surface area (Å²) < 4.78 is 0. The maximum absolute atomic E-state index is 4.01. The molecule has 0 aromatic carbocycles. The Morgan fingerprint density at radius 2 is 1.80 bits per heavy atom. The van der Waals surface area contributed by atoms with E-state index in [2.05, 4.69) is 45.7 Å². The molecule has 0 fully saturated rings. The Kier molecular flexibility index (Phi) is 6.52. The van der Waals surface area contributed by atoms with E-state index in [0.29, 0.717) is 0 Å². The second-order valence-corrected chi connectivity index (χ2v) is 4.00. The molecule has 0 aliphatic heterocycles. The Labute approximate surface area is 94.3 Å². The lowest BCUT2D eigenvalue weighted by molar-refractivity contribution is 0.876. The zero-order valence-electron chi connectivity index (χ0n) is 10.6. The Morgan fingerprint density at radius 3 is 2.27 bits per heavy atom. The fourth-order valence-electron chi connectivity index (χ4n) is 1.000. The van der Waals surface area contributed by atoms with Gasteiger partial charge in [-0.05, 0) is 40.2 Å². The largest absolute Gasteiger partial charge is 0.382 e. The summed E-state index contributed by atoms with van der Waals surface area (Å²) in [6.45, 7) is 15.3. The monoisotopic (exact) mass is 205 g/mol. The van der Waals surface area contributed by atoms with Crippen LogP contribution in [0.4, 0.5) is 0 Å². The molecule has 0 radical (unpaired) electrons. The normalized spacial score (nSPS) is 11.7. The molecule has 0 aliphatic carbocycles. The number of hydrogen-bond donors (Lipinski definition) is 1.